The number of likely N-dealkylation sites (N-methyl/N-ethyl adjacent to an activating group) is 1. The highest BCUT2D eigenvalue weighted by molar-refractivity contribution is 5.23. The molecule has 0 aliphatic carbocycles. The molecule has 1 nitrogen and oxygen atoms in total. The predicted molar refractivity (Wildman–Crippen MR) is 85.6 cm³/mol. The summed E-state index contributed by atoms with van der Waals surface area (Å²) in [6, 6.07) is 11.5. The third kappa shape index (κ3) is 4.35. The van der Waals surface area contributed by atoms with Crippen LogP contribution in [0.2, 0.25) is 0 Å². The van der Waals surface area contributed by atoms with Crippen molar-refractivity contribution in [2.24, 2.45) is 11.3 Å². The normalized spacial score (nSPS) is 16.9. The SMILES string of the molecule is CCNC(C(c1ccccc1)C(C)CC)C(C)(C)C. The van der Waals surface area contributed by atoms with E-state index in [0.29, 0.717) is 17.9 Å². The van der Waals surface area contributed by atoms with Crippen LogP contribution in [0.1, 0.15) is 59.4 Å². The molecule has 1 rings (SSSR count). The fourth-order valence-electron chi connectivity index (χ4n) is 2.97. The third-order valence-electron chi connectivity index (χ3n) is 4.16. The molecule has 0 aliphatic heterocycles. The molecule has 0 bridgehead atoms. The van der Waals surface area contributed by atoms with Gasteiger partial charge >= 0.3 is 0 Å². The van der Waals surface area contributed by atoms with Gasteiger partial charge in [0.25, 0.3) is 0 Å². The van der Waals surface area contributed by atoms with Gasteiger partial charge in [-0.3, -0.25) is 0 Å². The highest BCUT2D eigenvalue weighted by Crippen LogP contribution is 2.38. The van der Waals surface area contributed by atoms with Crippen molar-refractivity contribution in [3.63, 3.8) is 0 Å². The minimum Gasteiger partial charge on any atom is -0.313 e. The fraction of sp³-hybridized carbons (Fsp3) is 0.667. The van der Waals surface area contributed by atoms with Gasteiger partial charge in [-0.05, 0) is 23.4 Å². The predicted octanol–water partition coefficient (Wildman–Crippen LogP) is 4.84. The molecule has 1 heteroatoms. The summed E-state index contributed by atoms with van der Waals surface area (Å²) in [4.78, 5) is 0. The van der Waals surface area contributed by atoms with E-state index in [-0.39, 0.29) is 5.41 Å². The lowest BCUT2D eigenvalue weighted by molar-refractivity contribution is 0.198. The third-order valence-corrected chi connectivity index (χ3v) is 4.16. The number of nitrogens with one attached hydrogen (secondary N) is 1. The second-order valence-corrected chi connectivity index (χ2v) is 6.72. The lowest BCUT2D eigenvalue weighted by Crippen LogP contribution is -2.46. The van der Waals surface area contributed by atoms with Crippen molar-refractivity contribution in [2.75, 3.05) is 6.54 Å². The molecule has 19 heavy (non-hydrogen) atoms. The Morgan fingerprint density at radius 2 is 1.63 bits per heavy atom. The molecule has 1 aromatic carbocycles. The van der Waals surface area contributed by atoms with Crippen molar-refractivity contribution in [3.8, 4) is 0 Å². The van der Waals surface area contributed by atoms with E-state index >= 15 is 0 Å². The second-order valence-electron chi connectivity index (χ2n) is 6.72. The molecule has 1 aromatic rings. The zero-order chi connectivity index (χ0) is 14.5. The smallest absolute Gasteiger partial charge is 0.0187 e. The van der Waals surface area contributed by atoms with Crippen LogP contribution in [0.3, 0.4) is 0 Å². The lowest BCUT2D eigenvalue weighted by atomic mass is 9.70. The Bertz CT molecular complexity index is 350. The summed E-state index contributed by atoms with van der Waals surface area (Å²) in [5.41, 5.74) is 1.73. The van der Waals surface area contributed by atoms with Crippen molar-refractivity contribution in [1.29, 1.82) is 0 Å². The van der Waals surface area contributed by atoms with E-state index in [0.717, 1.165) is 6.54 Å². The molecule has 0 spiro atoms. The molecule has 0 aliphatic rings. The number of hydrogen-bond acceptors (Lipinski definition) is 1. The summed E-state index contributed by atoms with van der Waals surface area (Å²) < 4.78 is 0. The quantitative estimate of drug-likeness (QED) is 0.772. The summed E-state index contributed by atoms with van der Waals surface area (Å²) in [5, 5.41) is 3.74. The maximum absolute atomic E-state index is 3.74. The van der Waals surface area contributed by atoms with Crippen molar-refractivity contribution in [3.05, 3.63) is 35.9 Å². The van der Waals surface area contributed by atoms with Crippen LogP contribution < -0.4 is 5.32 Å². The molecule has 0 amide bonds. The molecular weight excluding hydrogens is 230 g/mol. The van der Waals surface area contributed by atoms with E-state index in [2.05, 4.69) is 77.2 Å². The van der Waals surface area contributed by atoms with Crippen molar-refractivity contribution >= 4 is 0 Å². The van der Waals surface area contributed by atoms with E-state index in [1.165, 1.54) is 12.0 Å². The van der Waals surface area contributed by atoms with Gasteiger partial charge in [-0.15, -0.1) is 0 Å². The van der Waals surface area contributed by atoms with Crippen molar-refractivity contribution in [2.45, 2.75) is 59.9 Å². The van der Waals surface area contributed by atoms with Gasteiger partial charge in [-0.25, -0.2) is 0 Å². The Morgan fingerprint density at radius 3 is 2.05 bits per heavy atom. The van der Waals surface area contributed by atoms with Crippen molar-refractivity contribution in [1.82, 2.24) is 5.32 Å². The van der Waals surface area contributed by atoms with E-state index < -0.39 is 0 Å². The molecular formula is C18H31N. The van der Waals surface area contributed by atoms with Gasteiger partial charge in [0.2, 0.25) is 0 Å². The summed E-state index contributed by atoms with van der Waals surface area (Å²) in [7, 11) is 0. The fourth-order valence-corrected chi connectivity index (χ4v) is 2.97. The van der Waals surface area contributed by atoms with Crippen LogP contribution in [0.25, 0.3) is 0 Å². The van der Waals surface area contributed by atoms with Crippen LogP contribution >= 0.6 is 0 Å². The second kappa shape index (κ2) is 7.09. The highest BCUT2D eigenvalue weighted by atomic mass is 14.9. The van der Waals surface area contributed by atoms with Gasteiger partial charge in [0.15, 0.2) is 0 Å². The first-order valence-corrected chi connectivity index (χ1v) is 7.70. The average Bonchev–Trinajstić information content (AvgIpc) is 2.38. The van der Waals surface area contributed by atoms with Crippen LogP contribution in [-0.2, 0) is 0 Å². The molecule has 3 atom stereocenters. The van der Waals surface area contributed by atoms with Gasteiger partial charge in [-0.1, -0.05) is 78.3 Å². The Kier molecular flexibility index (Phi) is 6.06. The molecule has 0 saturated heterocycles. The maximum Gasteiger partial charge on any atom is 0.0187 e. The van der Waals surface area contributed by atoms with Gasteiger partial charge in [-0.2, -0.15) is 0 Å². The summed E-state index contributed by atoms with van der Waals surface area (Å²) >= 11 is 0. The highest BCUT2D eigenvalue weighted by Gasteiger charge is 2.34. The standard InChI is InChI=1S/C18H31N/c1-7-14(3)16(15-12-10-9-11-13-15)17(19-8-2)18(4,5)6/h9-14,16-17,19H,7-8H2,1-6H3. The largest absolute Gasteiger partial charge is 0.313 e. The number of benzene rings is 1. The average molecular weight is 261 g/mol. The maximum atomic E-state index is 3.74. The number of rotatable bonds is 6. The van der Waals surface area contributed by atoms with E-state index in [4.69, 9.17) is 0 Å². The molecule has 108 valence electrons. The van der Waals surface area contributed by atoms with Gasteiger partial charge in [0.1, 0.15) is 0 Å². The summed E-state index contributed by atoms with van der Waals surface area (Å²) in [5.74, 6) is 1.26. The Hall–Kier alpha value is -0.820. The monoisotopic (exact) mass is 261 g/mol. The first-order chi connectivity index (χ1) is 8.91. The number of hydrogen-bond donors (Lipinski definition) is 1. The minimum absolute atomic E-state index is 0.264. The molecule has 1 N–H and O–H groups in total. The van der Waals surface area contributed by atoms with Crippen LogP contribution in [0, 0.1) is 11.3 Å². The van der Waals surface area contributed by atoms with Crippen molar-refractivity contribution < 1.29 is 0 Å². The molecule has 0 radical (unpaired) electrons. The molecule has 0 saturated carbocycles. The summed E-state index contributed by atoms with van der Waals surface area (Å²) in [6.07, 6.45) is 1.22. The Labute approximate surface area is 119 Å². The minimum atomic E-state index is 0.264. The molecule has 0 heterocycles. The van der Waals surface area contributed by atoms with Gasteiger partial charge in [0.05, 0.1) is 0 Å². The van der Waals surface area contributed by atoms with E-state index in [9.17, 15) is 0 Å². The van der Waals surface area contributed by atoms with E-state index in [1.807, 2.05) is 0 Å². The van der Waals surface area contributed by atoms with Crippen LogP contribution in [0.5, 0.6) is 0 Å². The van der Waals surface area contributed by atoms with E-state index in [1.54, 1.807) is 0 Å². The molecule has 0 aromatic heterocycles. The van der Waals surface area contributed by atoms with Gasteiger partial charge < -0.3 is 5.32 Å². The van der Waals surface area contributed by atoms with Gasteiger partial charge in [0, 0.05) is 12.0 Å². The first kappa shape index (κ1) is 16.2. The summed E-state index contributed by atoms with van der Waals surface area (Å²) in [6.45, 7) is 15.0. The zero-order valence-electron chi connectivity index (χ0n) is 13.5. The van der Waals surface area contributed by atoms with Crippen LogP contribution in [0.15, 0.2) is 30.3 Å². The molecule has 0 fully saturated rings. The molecule has 3 unspecified atom stereocenters. The Balaban J connectivity index is 3.14. The lowest BCUT2D eigenvalue weighted by Gasteiger charge is -2.41. The van der Waals surface area contributed by atoms with Crippen LogP contribution in [0.4, 0.5) is 0 Å². The Morgan fingerprint density at radius 1 is 1.05 bits per heavy atom. The first-order valence-electron chi connectivity index (χ1n) is 7.70. The van der Waals surface area contributed by atoms with Crippen LogP contribution in [-0.4, -0.2) is 12.6 Å². The zero-order valence-corrected chi connectivity index (χ0v) is 13.5. The topological polar surface area (TPSA) is 12.0 Å².